The summed E-state index contributed by atoms with van der Waals surface area (Å²) in [5, 5.41) is 8.03. The quantitative estimate of drug-likeness (QED) is 0.380. The van der Waals surface area contributed by atoms with Crippen LogP contribution in [0.25, 0.3) is 0 Å². The fraction of sp³-hybridized carbons (Fsp3) is 0.412. The molecule has 0 bridgehead atoms. The number of para-hydroxylation sites is 1. The molecule has 116 valence electrons. The Balaban J connectivity index is 1.84. The normalized spacial score (nSPS) is 15.2. The molecule has 1 aliphatic rings. The second-order valence-corrected chi connectivity index (χ2v) is 5.62. The average molecular weight is 315 g/mol. The van der Waals surface area contributed by atoms with Gasteiger partial charge in [0.25, 0.3) is 0 Å². The SMILES string of the molecule is C#CCOc1ccccc1/C=N/NC(=S)NC1CCCCC1. The highest BCUT2D eigenvalue weighted by Crippen LogP contribution is 2.17. The molecule has 0 atom stereocenters. The second-order valence-electron chi connectivity index (χ2n) is 5.21. The summed E-state index contributed by atoms with van der Waals surface area (Å²) < 4.78 is 5.46. The van der Waals surface area contributed by atoms with E-state index in [1.54, 1.807) is 6.21 Å². The van der Waals surface area contributed by atoms with E-state index >= 15 is 0 Å². The van der Waals surface area contributed by atoms with Gasteiger partial charge in [-0.15, -0.1) is 6.42 Å². The molecule has 4 nitrogen and oxygen atoms in total. The van der Waals surface area contributed by atoms with Crippen molar-refractivity contribution in [1.29, 1.82) is 0 Å². The number of nitrogens with zero attached hydrogens (tertiary/aromatic N) is 1. The van der Waals surface area contributed by atoms with Crippen LogP contribution in [-0.2, 0) is 0 Å². The fourth-order valence-electron chi connectivity index (χ4n) is 2.46. The van der Waals surface area contributed by atoms with E-state index < -0.39 is 0 Å². The first-order valence-electron chi connectivity index (χ1n) is 7.54. The molecule has 0 heterocycles. The minimum atomic E-state index is 0.236. The lowest BCUT2D eigenvalue weighted by molar-refractivity contribution is 0.370. The van der Waals surface area contributed by atoms with Crippen LogP contribution < -0.4 is 15.5 Å². The molecular weight excluding hydrogens is 294 g/mol. The van der Waals surface area contributed by atoms with Crippen LogP contribution in [0.15, 0.2) is 29.4 Å². The van der Waals surface area contributed by atoms with Crippen LogP contribution in [0, 0.1) is 12.3 Å². The number of rotatable bonds is 5. The minimum Gasteiger partial charge on any atom is -0.480 e. The molecule has 0 aromatic heterocycles. The zero-order chi connectivity index (χ0) is 15.6. The minimum absolute atomic E-state index is 0.236. The third kappa shape index (κ3) is 5.38. The maximum Gasteiger partial charge on any atom is 0.187 e. The fourth-order valence-corrected chi connectivity index (χ4v) is 2.68. The van der Waals surface area contributed by atoms with Crippen LogP contribution >= 0.6 is 12.2 Å². The zero-order valence-electron chi connectivity index (χ0n) is 12.5. The van der Waals surface area contributed by atoms with E-state index in [0.29, 0.717) is 16.9 Å². The number of hydrogen-bond acceptors (Lipinski definition) is 3. The van der Waals surface area contributed by atoms with Crippen molar-refractivity contribution in [2.24, 2.45) is 5.10 Å². The molecule has 0 radical (unpaired) electrons. The van der Waals surface area contributed by atoms with Gasteiger partial charge in [-0.25, -0.2) is 0 Å². The van der Waals surface area contributed by atoms with Gasteiger partial charge in [0.05, 0.1) is 6.21 Å². The summed E-state index contributed by atoms with van der Waals surface area (Å²) >= 11 is 5.26. The molecule has 2 rings (SSSR count). The van der Waals surface area contributed by atoms with E-state index in [0.717, 1.165) is 5.56 Å². The molecule has 5 heteroatoms. The van der Waals surface area contributed by atoms with E-state index in [4.69, 9.17) is 23.4 Å². The molecule has 2 N–H and O–H groups in total. The van der Waals surface area contributed by atoms with Gasteiger partial charge in [-0.1, -0.05) is 37.3 Å². The van der Waals surface area contributed by atoms with Crippen LogP contribution in [0.4, 0.5) is 0 Å². The Bertz CT molecular complexity index is 559. The van der Waals surface area contributed by atoms with E-state index in [2.05, 4.69) is 21.8 Å². The van der Waals surface area contributed by atoms with Crippen LogP contribution in [0.3, 0.4) is 0 Å². The third-order valence-corrected chi connectivity index (χ3v) is 3.75. The Kier molecular flexibility index (Phi) is 6.72. The molecule has 1 aromatic rings. The van der Waals surface area contributed by atoms with E-state index in [9.17, 15) is 0 Å². The van der Waals surface area contributed by atoms with Gasteiger partial charge in [0.1, 0.15) is 12.4 Å². The Morgan fingerprint density at radius 1 is 1.36 bits per heavy atom. The summed E-state index contributed by atoms with van der Waals surface area (Å²) in [6.45, 7) is 0.236. The Morgan fingerprint density at radius 3 is 2.91 bits per heavy atom. The first kappa shape index (κ1) is 16.3. The summed E-state index contributed by atoms with van der Waals surface area (Å²) in [6.07, 6.45) is 13.1. The van der Waals surface area contributed by atoms with Crippen molar-refractivity contribution >= 4 is 23.5 Å². The number of hydrazone groups is 1. The summed E-state index contributed by atoms with van der Waals surface area (Å²) in [5.41, 5.74) is 3.71. The molecule has 22 heavy (non-hydrogen) atoms. The molecular formula is C17H21N3OS. The number of ether oxygens (including phenoxy) is 1. The van der Waals surface area contributed by atoms with Gasteiger partial charge in [-0.3, -0.25) is 5.43 Å². The summed E-state index contributed by atoms with van der Waals surface area (Å²) in [5.74, 6) is 3.16. The predicted molar refractivity (Wildman–Crippen MR) is 94.1 cm³/mol. The maximum atomic E-state index is 5.46. The molecule has 1 fully saturated rings. The molecule has 1 aromatic carbocycles. The molecule has 0 aliphatic heterocycles. The first-order valence-corrected chi connectivity index (χ1v) is 7.95. The predicted octanol–water partition coefficient (Wildman–Crippen LogP) is 2.83. The van der Waals surface area contributed by atoms with E-state index in [1.165, 1.54) is 32.1 Å². The molecule has 1 saturated carbocycles. The van der Waals surface area contributed by atoms with Crippen molar-refractivity contribution in [2.75, 3.05) is 6.61 Å². The molecule has 0 saturated heterocycles. The number of thiocarbonyl (C=S) groups is 1. The molecule has 0 spiro atoms. The van der Waals surface area contributed by atoms with Crippen molar-refractivity contribution in [3.05, 3.63) is 29.8 Å². The smallest absolute Gasteiger partial charge is 0.187 e. The maximum absolute atomic E-state index is 5.46. The Morgan fingerprint density at radius 2 is 2.14 bits per heavy atom. The van der Waals surface area contributed by atoms with Gasteiger partial charge < -0.3 is 10.1 Å². The lowest BCUT2D eigenvalue weighted by Crippen LogP contribution is -2.40. The highest BCUT2D eigenvalue weighted by Gasteiger charge is 2.13. The standard InChI is InChI=1S/C17H21N3OS/c1-2-12-21-16-11-7-6-8-14(16)13-18-20-17(22)19-15-9-4-3-5-10-15/h1,6-8,11,13,15H,3-5,9-10,12H2,(H2,19,20,22)/b18-13+. The largest absolute Gasteiger partial charge is 0.480 e. The summed E-state index contributed by atoms with van der Waals surface area (Å²) in [4.78, 5) is 0. The van der Waals surface area contributed by atoms with Gasteiger partial charge in [-0.2, -0.15) is 5.10 Å². The highest BCUT2D eigenvalue weighted by atomic mass is 32.1. The lowest BCUT2D eigenvalue weighted by Gasteiger charge is -2.23. The monoisotopic (exact) mass is 315 g/mol. The van der Waals surface area contributed by atoms with Gasteiger partial charge in [0.2, 0.25) is 0 Å². The average Bonchev–Trinajstić information content (AvgIpc) is 2.55. The molecule has 0 unspecified atom stereocenters. The third-order valence-electron chi connectivity index (χ3n) is 3.54. The highest BCUT2D eigenvalue weighted by molar-refractivity contribution is 7.80. The number of hydrogen-bond donors (Lipinski definition) is 2. The van der Waals surface area contributed by atoms with Crippen LogP contribution in [0.5, 0.6) is 5.75 Å². The van der Waals surface area contributed by atoms with E-state index in [1.807, 2.05) is 24.3 Å². The van der Waals surface area contributed by atoms with Gasteiger partial charge in [0, 0.05) is 11.6 Å². The van der Waals surface area contributed by atoms with Crippen molar-refractivity contribution < 1.29 is 4.74 Å². The first-order chi connectivity index (χ1) is 10.8. The molecule has 0 amide bonds. The number of benzene rings is 1. The van der Waals surface area contributed by atoms with Crippen molar-refractivity contribution in [3.63, 3.8) is 0 Å². The van der Waals surface area contributed by atoms with Crippen LogP contribution in [0.2, 0.25) is 0 Å². The number of nitrogens with one attached hydrogen (secondary N) is 2. The van der Waals surface area contributed by atoms with Crippen molar-refractivity contribution in [3.8, 4) is 18.1 Å². The lowest BCUT2D eigenvalue weighted by atomic mass is 9.96. The van der Waals surface area contributed by atoms with Gasteiger partial charge in [0.15, 0.2) is 5.11 Å². The van der Waals surface area contributed by atoms with Crippen molar-refractivity contribution in [2.45, 2.75) is 38.1 Å². The zero-order valence-corrected chi connectivity index (χ0v) is 13.4. The van der Waals surface area contributed by atoms with E-state index in [-0.39, 0.29) is 6.61 Å². The Labute approximate surface area is 137 Å². The van der Waals surface area contributed by atoms with Crippen LogP contribution in [-0.4, -0.2) is 24.0 Å². The Hall–Kier alpha value is -2.06. The topological polar surface area (TPSA) is 45.6 Å². The molecule has 1 aliphatic carbocycles. The van der Waals surface area contributed by atoms with Gasteiger partial charge in [-0.05, 0) is 37.2 Å². The van der Waals surface area contributed by atoms with Gasteiger partial charge >= 0.3 is 0 Å². The number of terminal acetylenes is 1. The van der Waals surface area contributed by atoms with Crippen LogP contribution in [0.1, 0.15) is 37.7 Å². The summed E-state index contributed by atoms with van der Waals surface area (Å²) in [6, 6.07) is 8.05. The summed E-state index contributed by atoms with van der Waals surface area (Å²) in [7, 11) is 0. The van der Waals surface area contributed by atoms with Crippen molar-refractivity contribution in [1.82, 2.24) is 10.7 Å². The second kappa shape index (κ2) is 9.06.